The Morgan fingerprint density at radius 1 is 1.13 bits per heavy atom. The molecule has 0 aromatic carbocycles. The molecule has 4 heterocycles. The molecule has 3 spiro atoms. The van der Waals surface area contributed by atoms with Crippen molar-refractivity contribution >= 4 is 5.78 Å². The number of hydrogen-bond acceptors (Lipinski definition) is 8. The molecule has 8 aliphatic rings. The largest absolute Gasteiger partial charge is 0.469 e. The van der Waals surface area contributed by atoms with E-state index in [0.29, 0.717) is 25.2 Å². The monoisotopic (exact) mass is 530 g/mol. The molecule has 8 rings (SSSR count). The zero-order valence-corrected chi connectivity index (χ0v) is 23.1. The van der Waals surface area contributed by atoms with Crippen LogP contribution in [0.1, 0.15) is 72.6 Å². The van der Waals surface area contributed by atoms with Gasteiger partial charge in [-0.1, -0.05) is 20.4 Å². The van der Waals surface area contributed by atoms with Crippen LogP contribution in [0.25, 0.3) is 0 Å². The van der Waals surface area contributed by atoms with Crippen LogP contribution in [-0.2, 0) is 28.5 Å². The standard InChI is InChI=1S/C30H42O8/c1-16-18-9-10-19-28-15-35-30(29(19,22(16)32)25(18)37-27(4,5)38-30)23(33)21(28)26(2,3)14-17-8-11-20(36-24(17)28)34-13-7-6-12-31/h18-21,23,25,31,33H,1,6-15H2,2-5H3/t18-,19-,20-,21+,23-,25+,28-,29-,30-/m0/s1. The maximum absolute atomic E-state index is 14.4. The molecule has 0 unspecified atom stereocenters. The number of unbranched alkanes of at least 4 members (excludes halogenated alkanes) is 1. The average Bonchev–Trinajstić information content (AvgIpc) is 2.97. The van der Waals surface area contributed by atoms with Gasteiger partial charge in [0.1, 0.15) is 17.3 Å². The van der Waals surface area contributed by atoms with Gasteiger partial charge in [0.15, 0.2) is 17.9 Å². The van der Waals surface area contributed by atoms with Gasteiger partial charge in [0.25, 0.3) is 0 Å². The smallest absolute Gasteiger partial charge is 0.213 e. The minimum Gasteiger partial charge on any atom is -0.469 e. The Bertz CT molecular complexity index is 1110. The second-order valence-corrected chi connectivity index (χ2v) is 13.9. The molecule has 4 aliphatic heterocycles. The van der Waals surface area contributed by atoms with Gasteiger partial charge in [-0.25, -0.2) is 0 Å². The van der Waals surface area contributed by atoms with Crippen molar-refractivity contribution < 1.29 is 38.7 Å². The van der Waals surface area contributed by atoms with Gasteiger partial charge in [-0.3, -0.25) is 4.79 Å². The second kappa shape index (κ2) is 7.92. The van der Waals surface area contributed by atoms with E-state index in [1.165, 1.54) is 5.57 Å². The van der Waals surface area contributed by atoms with Crippen LogP contribution >= 0.6 is 0 Å². The molecule has 4 aliphatic carbocycles. The molecule has 0 radical (unpaired) electrons. The van der Waals surface area contributed by atoms with Crippen LogP contribution in [0.15, 0.2) is 23.5 Å². The van der Waals surface area contributed by atoms with E-state index in [9.17, 15) is 9.90 Å². The highest BCUT2D eigenvalue weighted by atomic mass is 16.8. The molecule has 0 aromatic rings. The predicted molar refractivity (Wildman–Crippen MR) is 135 cm³/mol. The number of ketones is 1. The minimum atomic E-state index is -1.49. The van der Waals surface area contributed by atoms with Crippen LogP contribution in [0.4, 0.5) is 0 Å². The third-order valence-electron chi connectivity index (χ3n) is 11.1. The number of rotatable bonds is 5. The molecule has 210 valence electrons. The molecule has 4 bridgehead atoms. The number of hydrogen-bond donors (Lipinski definition) is 2. The first-order valence-corrected chi connectivity index (χ1v) is 14.5. The van der Waals surface area contributed by atoms with Crippen molar-refractivity contribution in [3.63, 3.8) is 0 Å². The van der Waals surface area contributed by atoms with Crippen LogP contribution in [0, 0.1) is 34.0 Å². The maximum Gasteiger partial charge on any atom is 0.213 e. The Morgan fingerprint density at radius 2 is 1.92 bits per heavy atom. The number of fused-ring (bicyclic) bond motifs is 1. The van der Waals surface area contributed by atoms with E-state index in [-0.39, 0.29) is 35.6 Å². The van der Waals surface area contributed by atoms with E-state index in [1.807, 2.05) is 13.8 Å². The SMILES string of the molecule is C=C1C(=O)[C@@]23[C@@H]4OC(C)(C)O[C@]25OC[C@]2(C6=C(CC[C@@H](OCCCCO)O6)CC(C)(C)[C@H]2[C@@H]5O)[C@@H]3CC[C@@H]14. The van der Waals surface area contributed by atoms with E-state index >= 15 is 0 Å². The molecule has 38 heavy (non-hydrogen) atoms. The predicted octanol–water partition coefficient (Wildman–Crippen LogP) is 3.60. The number of allylic oxidation sites excluding steroid dienone is 1. The Morgan fingerprint density at radius 3 is 2.68 bits per heavy atom. The second-order valence-electron chi connectivity index (χ2n) is 13.9. The van der Waals surface area contributed by atoms with Crippen LogP contribution in [-0.4, -0.2) is 65.9 Å². The molecular formula is C30H42O8. The number of aliphatic hydroxyl groups is 2. The van der Waals surface area contributed by atoms with E-state index in [0.717, 1.165) is 44.3 Å². The van der Waals surface area contributed by atoms with Crippen molar-refractivity contribution in [3.05, 3.63) is 23.5 Å². The molecule has 2 N–H and O–H groups in total. The summed E-state index contributed by atoms with van der Waals surface area (Å²) in [5.41, 5.74) is -0.285. The number of Topliss-reactive ketones (excluding diaryl/α,β-unsaturated/α-hetero) is 1. The third-order valence-corrected chi connectivity index (χ3v) is 11.1. The van der Waals surface area contributed by atoms with Crippen LogP contribution in [0.3, 0.4) is 0 Å². The van der Waals surface area contributed by atoms with Crippen molar-refractivity contribution in [1.29, 1.82) is 0 Å². The number of aliphatic hydroxyl groups excluding tert-OH is 2. The summed E-state index contributed by atoms with van der Waals surface area (Å²) in [7, 11) is 0. The van der Waals surface area contributed by atoms with Gasteiger partial charge in [0, 0.05) is 24.9 Å². The van der Waals surface area contributed by atoms with Crippen molar-refractivity contribution in [2.75, 3.05) is 19.8 Å². The molecule has 6 fully saturated rings. The van der Waals surface area contributed by atoms with Crippen molar-refractivity contribution in [3.8, 4) is 0 Å². The fraction of sp³-hybridized carbons (Fsp3) is 0.833. The van der Waals surface area contributed by atoms with E-state index in [4.69, 9.17) is 28.8 Å². The Labute approximate surface area is 224 Å². The lowest BCUT2D eigenvalue weighted by molar-refractivity contribution is -0.527. The normalized spacial score (nSPS) is 49.3. The lowest BCUT2D eigenvalue weighted by Gasteiger charge is -2.77. The molecular weight excluding hydrogens is 488 g/mol. The molecule has 3 saturated carbocycles. The van der Waals surface area contributed by atoms with Crippen LogP contribution in [0.2, 0.25) is 0 Å². The van der Waals surface area contributed by atoms with E-state index < -0.39 is 40.9 Å². The highest BCUT2D eigenvalue weighted by molar-refractivity contribution is 6.05. The molecule has 0 amide bonds. The molecule has 8 heteroatoms. The van der Waals surface area contributed by atoms with Gasteiger partial charge in [-0.15, -0.1) is 0 Å². The van der Waals surface area contributed by atoms with Gasteiger partial charge in [-0.05, 0) is 74.9 Å². The number of ether oxygens (including phenoxy) is 5. The summed E-state index contributed by atoms with van der Waals surface area (Å²) in [5.74, 6) is -2.20. The third kappa shape index (κ3) is 2.80. The molecule has 9 atom stereocenters. The first-order chi connectivity index (χ1) is 18.0. The fourth-order valence-corrected chi connectivity index (χ4v) is 10.2. The Hall–Kier alpha value is -1.29. The average molecular weight is 531 g/mol. The quantitative estimate of drug-likeness (QED) is 0.411. The van der Waals surface area contributed by atoms with Crippen molar-refractivity contribution in [1.82, 2.24) is 0 Å². The minimum absolute atomic E-state index is 0.0692. The highest BCUT2D eigenvalue weighted by Gasteiger charge is 2.90. The summed E-state index contributed by atoms with van der Waals surface area (Å²) in [4.78, 5) is 14.4. The lowest BCUT2D eigenvalue weighted by atomic mass is 9.36. The van der Waals surface area contributed by atoms with Gasteiger partial charge in [-0.2, -0.15) is 0 Å². The summed E-state index contributed by atoms with van der Waals surface area (Å²) in [6.07, 6.45) is 3.60. The van der Waals surface area contributed by atoms with Crippen molar-refractivity contribution in [2.24, 2.45) is 34.0 Å². The van der Waals surface area contributed by atoms with Gasteiger partial charge in [0.2, 0.25) is 5.79 Å². The number of carbonyl (C=O) groups is 1. The molecule has 8 nitrogen and oxygen atoms in total. The fourth-order valence-electron chi connectivity index (χ4n) is 10.2. The van der Waals surface area contributed by atoms with E-state index in [2.05, 4.69) is 20.4 Å². The molecule has 0 aromatic heterocycles. The van der Waals surface area contributed by atoms with Gasteiger partial charge in [0.05, 0.1) is 24.7 Å². The topological polar surface area (TPSA) is 104 Å². The van der Waals surface area contributed by atoms with Crippen LogP contribution < -0.4 is 0 Å². The van der Waals surface area contributed by atoms with Gasteiger partial charge < -0.3 is 33.9 Å². The maximum atomic E-state index is 14.4. The van der Waals surface area contributed by atoms with Crippen LogP contribution in [0.5, 0.6) is 0 Å². The summed E-state index contributed by atoms with van der Waals surface area (Å²) in [5, 5.41) is 21.6. The zero-order chi connectivity index (χ0) is 26.9. The summed E-state index contributed by atoms with van der Waals surface area (Å²) < 4.78 is 32.9. The highest BCUT2D eigenvalue weighted by Crippen LogP contribution is 2.80. The lowest BCUT2D eigenvalue weighted by Crippen LogP contribution is -2.87. The zero-order valence-electron chi connectivity index (χ0n) is 23.1. The van der Waals surface area contributed by atoms with E-state index in [1.54, 1.807) is 0 Å². The molecule has 3 saturated heterocycles. The Balaban J connectivity index is 1.39. The first kappa shape index (κ1) is 25.7. The summed E-state index contributed by atoms with van der Waals surface area (Å²) in [6, 6.07) is 0. The number of carbonyl (C=O) groups excluding carboxylic acids is 1. The Kier molecular flexibility index (Phi) is 5.35. The summed E-state index contributed by atoms with van der Waals surface area (Å²) >= 11 is 0. The summed E-state index contributed by atoms with van der Waals surface area (Å²) in [6.45, 7) is 13.4. The van der Waals surface area contributed by atoms with Crippen molar-refractivity contribution in [2.45, 2.75) is 103 Å². The first-order valence-electron chi connectivity index (χ1n) is 14.5. The van der Waals surface area contributed by atoms with Gasteiger partial charge >= 0.3 is 0 Å².